The molecule has 0 aliphatic heterocycles. The highest BCUT2D eigenvalue weighted by atomic mass is 127. The molecule has 0 spiro atoms. The molecule has 3 N–H and O–H groups in total. The van der Waals surface area contributed by atoms with E-state index in [4.69, 9.17) is 9.63 Å². The van der Waals surface area contributed by atoms with Gasteiger partial charge < -0.3 is 20.3 Å². The number of aliphatic imine (C=N–C) groups is 1. The van der Waals surface area contributed by atoms with Crippen LogP contribution in [0.5, 0.6) is 0 Å². The molecule has 0 aromatic carbocycles. The van der Waals surface area contributed by atoms with Crippen LogP contribution in [-0.2, 0) is 6.54 Å². The van der Waals surface area contributed by atoms with Crippen LogP contribution in [-0.4, -0.2) is 35.9 Å². The molecule has 0 saturated heterocycles. The zero-order valence-electron chi connectivity index (χ0n) is 13.1. The van der Waals surface area contributed by atoms with E-state index in [1.165, 1.54) is 0 Å². The van der Waals surface area contributed by atoms with Crippen molar-refractivity contribution in [3.05, 3.63) is 17.5 Å². The number of aromatic nitrogens is 1. The standard InChI is InChI=1S/C14H26N4O2.HI/c1-4-11(5-2)13-9-12(20-18-13)10-17-14(15-6-3)16-7-8-19;/h9,11,19H,4-8,10H2,1-3H3,(H2,15,16,17);1H. The first-order chi connectivity index (χ1) is 9.74. The molecule has 21 heavy (non-hydrogen) atoms. The molecule has 0 unspecified atom stereocenters. The van der Waals surface area contributed by atoms with Crippen molar-refractivity contribution >= 4 is 29.9 Å². The Hall–Kier alpha value is -0.830. The van der Waals surface area contributed by atoms with Crippen molar-refractivity contribution in [2.75, 3.05) is 19.7 Å². The Morgan fingerprint density at radius 1 is 1.33 bits per heavy atom. The van der Waals surface area contributed by atoms with E-state index >= 15 is 0 Å². The van der Waals surface area contributed by atoms with Gasteiger partial charge in [0.25, 0.3) is 0 Å². The summed E-state index contributed by atoms with van der Waals surface area (Å²) in [7, 11) is 0. The largest absolute Gasteiger partial charge is 0.395 e. The number of halogens is 1. The van der Waals surface area contributed by atoms with E-state index in [0.717, 1.165) is 30.8 Å². The number of nitrogens with zero attached hydrogens (tertiary/aromatic N) is 2. The van der Waals surface area contributed by atoms with E-state index in [1.54, 1.807) is 0 Å². The normalized spacial score (nSPS) is 11.4. The number of guanidine groups is 1. The van der Waals surface area contributed by atoms with Gasteiger partial charge in [-0.3, -0.25) is 0 Å². The van der Waals surface area contributed by atoms with E-state index in [0.29, 0.717) is 25.0 Å². The summed E-state index contributed by atoms with van der Waals surface area (Å²) in [4.78, 5) is 4.40. The Bertz CT molecular complexity index is 405. The second-order valence-corrected chi connectivity index (χ2v) is 4.58. The van der Waals surface area contributed by atoms with Crippen molar-refractivity contribution in [1.82, 2.24) is 15.8 Å². The molecule has 0 bridgehead atoms. The van der Waals surface area contributed by atoms with Gasteiger partial charge in [0.1, 0.15) is 6.54 Å². The number of rotatable bonds is 8. The Morgan fingerprint density at radius 2 is 2.05 bits per heavy atom. The van der Waals surface area contributed by atoms with Gasteiger partial charge in [-0.1, -0.05) is 19.0 Å². The maximum absolute atomic E-state index is 8.81. The van der Waals surface area contributed by atoms with Gasteiger partial charge in [0.15, 0.2) is 11.7 Å². The molecular weight excluding hydrogens is 383 g/mol. The maximum atomic E-state index is 8.81. The van der Waals surface area contributed by atoms with E-state index in [-0.39, 0.29) is 30.6 Å². The molecule has 0 amide bonds. The third-order valence-electron chi connectivity index (χ3n) is 3.12. The van der Waals surface area contributed by atoms with E-state index in [9.17, 15) is 0 Å². The van der Waals surface area contributed by atoms with Gasteiger partial charge in [0.05, 0.1) is 12.3 Å². The predicted molar refractivity (Wildman–Crippen MR) is 95.1 cm³/mol. The Labute approximate surface area is 143 Å². The minimum Gasteiger partial charge on any atom is -0.395 e. The average Bonchev–Trinajstić information content (AvgIpc) is 2.92. The predicted octanol–water partition coefficient (Wildman–Crippen LogP) is 2.24. The fourth-order valence-electron chi connectivity index (χ4n) is 1.98. The van der Waals surface area contributed by atoms with Gasteiger partial charge in [0.2, 0.25) is 0 Å². The highest BCUT2D eigenvalue weighted by Crippen LogP contribution is 2.22. The molecule has 122 valence electrons. The first-order valence-corrected chi connectivity index (χ1v) is 7.33. The number of aliphatic hydroxyl groups excluding tert-OH is 1. The molecule has 6 nitrogen and oxygen atoms in total. The van der Waals surface area contributed by atoms with Gasteiger partial charge in [-0.15, -0.1) is 24.0 Å². The summed E-state index contributed by atoms with van der Waals surface area (Å²) in [5.74, 6) is 1.88. The van der Waals surface area contributed by atoms with Crippen LogP contribution in [0.4, 0.5) is 0 Å². The van der Waals surface area contributed by atoms with E-state index in [2.05, 4.69) is 34.6 Å². The minimum absolute atomic E-state index is 0. The van der Waals surface area contributed by atoms with E-state index < -0.39 is 0 Å². The molecule has 1 rings (SSSR count). The SMILES string of the molecule is CCNC(=NCc1cc(C(CC)CC)no1)NCCO.I. The average molecular weight is 410 g/mol. The second-order valence-electron chi connectivity index (χ2n) is 4.58. The first-order valence-electron chi connectivity index (χ1n) is 7.33. The van der Waals surface area contributed by atoms with Crippen LogP contribution in [0.2, 0.25) is 0 Å². The Balaban J connectivity index is 0.00000400. The van der Waals surface area contributed by atoms with Gasteiger partial charge in [-0.25, -0.2) is 4.99 Å². The zero-order valence-corrected chi connectivity index (χ0v) is 15.4. The highest BCUT2D eigenvalue weighted by molar-refractivity contribution is 14.0. The lowest BCUT2D eigenvalue weighted by Gasteiger charge is -2.09. The summed E-state index contributed by atoms with van der Waals surface area (Å²) in [6, 6.07) is 1.98. The fraction of sp³-hybridized carbons (Fsp3) is 0.714. The monoisotopic (exact) mass is 410 g/mol. The third kappa shape index (κ3) is 7.12. The summed E-state index contributed by atoms with van der Waals surface area (Å²) in [6.45, 7) is 8.06. The lowest BCUT2D eigenvalue weighted by Crippen LogP contribution is -2.38. The molecule has 1 aromatic rings. The van der Waals surface area contributed by atoms with Gasteiger partial charge >= 0.3 is 0 Å². The summed E-state index contributed by atoms with van der Waals surface area (Å²) >= 11 is 0. The van der Waals surface area contributed by atoms with Gasteiger partial charge in [-0.05, 0) is 19.8 Å². The Morgan fingerprint density at radius 3 is 2.62 bits per heavy atom. The Kier molecular flexibility index (Phi) is 11.3. The highest BCUT2D eigenvalue weighted by Gasteiger charge is 2.12. The smallest absolute Gasteiger partial charge is 0.191 e. The van der Waals surface area contributed by atoms with Crippen molar-refractivity contribution in [3.63, 3.8) is 0 Å². The molecule has 0 aliphatic rings. The van der Waals surface area contributed by atoms with Crippen LogP contribution >= 0.6 is 24.0 Å². The van der Waals surface area contributed by atoms with Crippen molar-refractivity contribution in [1.29, 1.82) is 0 Å². The van der Waals surface area contributed by atoms with E-state index in [1.807, 2.05) is 13.0 Å². The summed E-state index contributed by atoms with van der Waals surface area (Å²) < 4.78 is 5.32. The second kappa shape index (κ2) is 11.8. The van der Waals surface area contributed by atoms with Gasteiger partial charge in [-0.2, -0.15) is 0 Å². The topological polar surface area (TPSA) is 82.7 Å². The first kappa shape index (κ1) is 20.2. The van der Waals surface area contributed by atoms with Crippen LogP contribution in [0.3, 0.4) is 0 Å². The van der Waals surface area contributed by atoms with Crippen LogP contribution in [0.25, 0.3) is 0 Å². The molecule has 0 fully saturated rings. The molecule has 0 aliphatic carbocycles. The number of nitrogens with one attached hydrogen (secondary N) is 2. The summed E-state index contributed by atoms with van der Waals surface area (Å²) in [5, 5.41) is 19.1. The lowest BCUT2D eigenvalue weighted by atomic mass is 9.99. The van der Waals surface area contributed by atoms with Crippen molar-refractivity contribution in [3.8, 4) is 0 Å². The molecule has 1 aromatic heterocycles. The molecule has 0 atom stereocenters. The molecule has 7 heteroatoms. The van der Waals surface area contributed by atoms with Crippen molar-refractivity contribution in [2.45, 2.75) is 46.1 Å². The van der Waals surface area contributed by atoms with Crippen molar-refractivity contribution < 1.29 is 9.63 Å². The van der Waals surface area contributed by atoms with Crippen LogP contribution in [0.1, 0.15) is 51.0 Å². The van der Waals surface area contributed by atoms with Crippen molar-refractivity contribution in [2.24, 2.45) is 4.99 Å². The molecule has 0 radical (unpaired) electrons. The lowest BCUT2D eigenvalue weighted by molar-refractivity contribution is 0.300. The van der Waals surface area contributed by atoms with Crippen LogP contribution < -0.4 is 10.6 Å². The number of hydrogen-bond donors (Lipinski definition) is 3. The molecule has 0 saturated carbocycles. The summed E-state index contributed by atoms with van der Waals surface area (Å²) in [5.41, 5.74) is 1.01. The van der Waals surface area contributed by atoms with Crippen LogP contribution in [0, 0.1) is 0 Å². The molecular formula is C14H27IN4O2. The third-order valence-corrected chi connectivity index (χ3v) is 3.12. The zero-order chi connectivity index (χ0) is 14.8. The molecule has 1 heterocycles. The number of hydrogen-bond acceptors (Lipinski definition) is 4. The minimum atomic E-state index is 0. The maximum Gasteiger partial charge on any atom is 0.191 e. The quantitative estimate of drug-likeness (QED) is 0.348. The number of aliphatic hydroxyl groups is 1. The fourth-order valence-corrected chi connectivity index (χ4v) is 1.98. The van der Waals surface area contributed by atoms with Gasteiger partial charge in [0, 0.05) is 25.1 Å². The summed E-state index contributed by atoms with van der Waals surface area (Å²) in [6.07, 6.45) is 2.12. The van der Waals surface area contributed by atoms with Crippen LogP contribution in [0.15, 0.2) is 15.6 Å².